The number of nitrogens with zero attached hydrogens (tertiary/aromatic N) is 5. The van der Waals surface area contributed by atoms with Crippen LogP contribution in [-0.4, -0.2) is 46.3 Å². The molecule has 4 rings (SSSR count). The molecule has 6 heteroatoms. The lowest BCUT2D eigenvalue weighted by Gasteiger charge is -2.36. The van der Waals surface area contributed by atoms with E-state index in [0.29, 0.717) is 6.54 Å². The molecule has 1 aromatic heterocycles. The molecule has 120 valence electrons. The zero-order valence-corrected chi connectivity index (χ0v) is 13.3. The summed E-state index contributed by atoms with van der Waals surface area (Å²) in [6.07, 6.45) is 6.82. The quantitative estimate of drug-likeness (QED) is 0.696. The van der Waals surface area contributed by atoms with Gasteiger partial charge in [0.25, 0.3) is 0 Å². The Morgan fingerprint density at radius 3 is 2.96 bits per heavy atom. The van der Waals surface area contributed by atoms with Gasteiger partial charge in [-0.2, -0.15) is 5.11 Å². The highest BCUT2D eigenvalue weighted by atomic mass is 15.2. The lowest BCUT2D eigenvalue weighted by atomic mass is 9.91. The predicted octanol–water partition coefficient (Wildman–Crippen LogP) is 3.18. The highest BCUT2D eigenvalue weighted by Gasteiger charge is 2.27. The minimum absolute atomic E-state index is 0.328. The fourth-order valence-corrected chi connectivity index (χ4v) is 3.58. The highest BCUT2D eigenvalue weighted by molar-refractivity contribution is 5.80. The topological polar surface area (TPSA) is 69.6 Å². The van der Waals surface area contributed by atoms with Crippen molar-refractivity contribution in [3.8, 4) is 0 Å². The van der Waals surface area contributed by atoms with E-state index in [1.165, 1.54) is 30.6 Å². The molecule has 0 radical (unpaired) electrons. The maximum absolute atomic E-state index is 6.79. The SMILES string of the molecule is N=NCC=Nc1ccc2c(c1)nc1n2CCN(C2CCC2)CC1. The minimum atomic E-state index is 0.328. The molecule has 1 aliphatic carbocycles. The van der Waals surface area contributed by atoms with E-state index >= 15 is 0 Å². The van der Waals surface area contributed by atoms with Crippen molar-refractivity contribution < 1.29 is 0 Å². The maximum Gasteiger partial charge on any atom is 0.111 e. The van der Waals surface area contributed by atoms with Gasteiger partial charge in [-0.1, -0.05) is 6.42 Å². The van der Waals surface area contributed by atoms with Crippen LogP contribution in [0.3, 0.4) is 0 Å². The van der Waals surface area contributed by atoms with Gasteiger partial charge in [-0.25, -0.2) is 10.5 Å². The Hall–Kier alpha value is -2.08. The molecular weight excluding hydrogens is 288 g/mol. The van der Waals surface area contributed by atoms with Crippen molar-refractivity contribution in [3.05, 3.63) is 24.0 Å². The highest BCUT2D eigenvalue weighted by Crippen LogP contribution is 2.28. The molecule has 0 spiro atoms. The third kappa shape index (κ3) is 2.79. The average molecular weight is 310 g/mol. The van der Waals surface area contributed by atoms with Crippen LogP contribution >= 0.6 is 0 Å². The summed E-state index contributed by atoms with van der Waals surface area (Å²) in [5.41, 5.74) is 9.90. The lowest BCUT2D eigenvalue weighted by Crippen LogP contribution is -2.41. The Morgan fingerprint density at radius 2 is 2.17 bits per heavy atom. The zero-order chi connectivity index (χ0) is 15.6. The zero-order valence-electron chi connectivity index (χ0n) is 13.3. The summed E-state index contributed by atoms with van der Waals surface area (Å²) >= 11 is 0. The van der Waals surface area contributed by atoms with Crippen molar-refractivity contribution in [2.24, 2.45) is 10.1 Å². The van der Waals surface area contributed by atoms with Crippen LogP contribution in [-0.2, 0) is 13.0 Å². The van der Waals surface area contributed by atoms with E-state index in [1.807, 2.05) is 12.1 Å². The first-order valence-electron chi connectivity index (χ1n) is 8.44. The Balaban J connectivity index is 1.57. The number of rotatable bonds is 4. The van der Waals surface area contributed by atoms with Gasteiger partial charge in [-0.15, -0.1) is 0 Å². The van der Waals surface area contributed by atoms with Crippen LogP contribution in [0.2, 0.25) is 0 Å². The second kappa shape index (κ2) is 6.20. The van der Waals surface area contributed by atoms with Crippen LogP contribution in [0.1, 0.15) is 25.1 Å². The third-order valence-corrected chi connectivity index (χ3v) is 5.05. The molecule has 0 unspecified atom stereocenters. The van der Waals surface area contributed by atoms with Gasteiger partial charge in [0.05, 0.1) is 23.3 Å². The van der Waals surface area contributed by atoms with E-state index in [4.69, 9.17) is 10.5 Å². The molecule has 0 atom stereocenters. The molecule has 1 fully saturated rings. The van der Waals surface area contributed by atoms with E-state index in [9.17, 15) is 0 Å². The van der Waals surface area contributed by atoms with Gasteiger partial charge in [0.15, 0.2) is 0 Å². The molecule has 23 heavy (non-hydrogen) atoms. The van der Waals surface area contributed by atoms with E-state index in [1.54, 1.807) is 6.21 Å². The van der Waals surface area contributed by atoms with Crippen molar-refractivity contribution in [1.29, 1.82) is 5.53 Å². The van der Waals surface area contributed by atoms with Crippen LogP contribution in [0.5, 0.6) is 0 Å². The first-order chi connectivity index (χ1) is 11.3. The first-order valence-corrected chi connectivity index (χ1v) is 8.44. The Labute approximate surface area is 135 Å². The Bertz CT molecular complexity index is 743. The fourth-order valence-electron chi connectivity index (χ4n) is 3.58. The van der Waals surface area contributed by atoms with Crippen LogP contribution < -0.4 is 0 Å². The molecule has 1 aromatic carbocycles. The van der Waals surface area contributed by atoms with Gasteiger partial charge in [0.2, 0.25) is 0 Å². The molecule has 2 aliphatic rings. The molecule has 0 saturated heterocycles. The molecule has 1 aliphatic heterocycles. The van der Waals surface area contributed by atoms with Crippen molar-refractivity contribution in [2.75, 3.05) is 19.6 Å². The van der Waals surface area contributed by atoms with Crippen LogP contribution in [0.25, 0.3) is 11.0 Å². The van der Waals surface area contributed by atoms with Gasteiger partial charge in [0.1, 0.15) is 5.82 Å². The maximum atomic E-state index is 6.79. The number of hydrogen-bond acceptors (Lipinski definition) is 5. The number of aliphatic imine (C=N–C) groups is 1. The predicted molar refractivity (Wildman–Crippen MR) is 90.8 cm³/mol. The lowest BCUT2D eigenvalue weighted by molar-refractivity contribution is 0.130. The van der Waals surface area contributed by atoms with Gasteiger partial charge >= 0.3 is 0 Å². The third-order valence-electron chi connectivity index (χ3n) is 5.05. The summed E-state index contributed by atoms with van der Waals surface area (Å²) in [4.78, 5) is 11.8. The van der Waals surface area contributed by atoms with E-state index < -0.39 is 0 Å². The smallest absolute Gasteiger partial charge is 0.111 e. The number of benzene rings is 1. The summed E-state index contributed by atoms with van der Waals surface area (Å²) in [7, 11) is 0. The molecule has 6 nitrogen and oxygen atoms in total. The van der Waals surface area contributed by atoms with Crippen LogP contribution in [0.4, 0.5) is 5.69 Å². The Morgan fingerprint density at radius 1 is 1.26 bits per heavy atom. The van der Waals surface area contributed by atoms with E-state index in [0.717, 1.165) is 43.3 Å². The number of aromatic nitrogens is 2. The van der Waals surface area contributed by atoms with E-state index in [-0.39, 0.29) is 0 Å². The molecule has 2 aromatic rings. The van der Waals surface area contributed by atoms with Crippen molar-refractivity contribution in [3.63, 3.8) is 0 Å². The molecule has 1 N–H and O–H groups in total. The second-order valence-corrected chi connectivity index (χ2v) is 6.38. The van der Waals surface area contributed by atoms with Gasteiger partial charge in [0, 0.05) is 38.3 Å². The summed E-state index contributed by atoms with van der Waals surface area (Å²) in [5, 5.41) is 3.29. The van der Waals surface area contributed by atoms with Crippen LogP contribution in [0, 0.1) is 5.53 Å². The monoisotopic (exact) mass is 310 g/mol. The molecule has 1 saturated carbocycles. The molecule has 0 bridgehead atoms. The van der Waals surface area contributed by atoms with E-state index in [2.05, 4.69) is 25.6 Å². The second-order valence-electron chi connectivity index (χ2n) is 6.38. The summed E-state index contributed by atoms with van der Waals surface area (Å²) in [6, 6.07) is 6.98. The van der Waals surface area contributed by atoms with Crippen molar-refractivity contribution in [2.45, 2.75) is 38.3 Å². The van der Waals surface area contributed by atoms with Gasteiger partial charge in [-0.3, -0.25) is 9.89 Å². The summed E-state index contributed by atoms with van der Waals surface area (Å²) in [5.74, 6) is 1.20. The number of fused-ring (bicyclic) bond motifs is 3. The number of nitrogens with one attached hydrogen (secondary N) is 1. The van der Waals surface area contributed by atoms with Crippen LogP contribution in [0.15, 0.2) is 28.3 Å². The average Bonchev–Trinajstić information content (AvgIpc) is 2.73. The fraction of sp³-hybridized carbons (Fsp3) is 0.529. The molecule has 2 heterocycles. The largest absolute Gasteiger partial charge is 0.327 e. The molecule has 0 amide bonds. The minimum Gasteiger partial charge on any atom is -0.327 e. The molecular formula is C17H22N6. The first kappa shape index (κ1) is 14.5. The van der Waals surface area contributed by atoms with Gasteiger partial charge < -0.3 is 4.57 Å². The standard InChI is InChI=1S/C17H22N6/c18-20-8-7-19-13-4-5-16-15(12-13)21-17-6-9-22(10-11-23(16)17)14-2-1-3-14/h4-5,7,12,14,18H,1-3,6,8-11H2. The van der Waals surface area contributed by atoms with Crippen molar-refractivity contribution >= 4 is 22.9 Å². The van der Waals surface area contributed by atoms with Gasteiger partial charge in [-0.05, 0) is 31.0 Å². The summed E-state index contributed by atoms with van der Waals surface area (Å²) in [6.45, 7) is 3.62. The van der Waals surface area contributed by atoms with Crippen molar-refractivity contribution in [1.82, 2.24) is 14.5 Å². The number of imidazole rings is 1. The normalized spacial score (nSPS) is 19.7. The Kier molecular flexibility index (Phi) is 3.91. The summed E-state index contributed by atoms with van der Waals surface area (Å²) < 4.78 is 2.38. The number of hydrogen-bond donors (Lipinski definition) is 1.